The number of para-hydroxylation sites is 1. The summed E-state index contributed by atoms with van der Waals surface area (Å²) in [5.41, 5.74) is 4.30. The lowest BCUT2D eigenvalue weighted by Crippen LogP contribution is -2.33. The van der Waals surface area contributed by atoms with Crippen molar-refractivity contribution in [1.82, 2.24) is 9.88 Å². The predicted octanol–water partition coefficient (Wildman–Crippen LogP) is 3.01. The molecule has 0 bridgehead atoms. The van der Waals surface area contributed by atoms with Crippen LogP contribution in [0.1, 0.15) is 17.7 Å². The second kappa shape index (κ2) is 4.71. The number of aryl methyl sites for hydroxylation is 1. The largest absolute Gasteiger partial charge is 0.358 e. The maximum absolute atomic E-state index is 3.56. The number of hydrogen-bond acceptors (Lipinski definition) is 1. The highest BCUT2D eigenvalue weighted by Gasteiger charge is 2.23. The third-order valence-electron chi connectivity index (χ3n) is 3.80. The van der Waals surface area contributed by atoms with Gasteiger partial charge in [-0.3, -0.25) is 0 Å². The fraction of sp³-hybridized carbons (Fsp3) is 0.429. The van der Waals surface area contributed by atoms with Crippen LogP contribution in [0, 0.1) is 0 Å². The first kappa shape index (κ1) is 12.5. The van der Waals surface area contributed by atoms with Crippen LogP contribution in [0.5, 0.6) is 0 Å². The van der Waals surface area contributed by atoms with Crippen molar-refractivity contribution in [2.24, 2.45) is 0 Å². The van der Waals surface area contributed by atoms with Crippen LogP contribution in [0.2, 0.25) is 0 Å². The van der Waals surface area contributed by atoms with Gasteiger partial charge in [-0.05, 0) is 45.0 Å². The van der Waals surface area contributed by atoms with Crippen LogP contribution >= 0.6 is 12.4 Å². The number of rotatable bonds is 1. The number of nitrogens with one attached hydrogen (secondary N) is 1. The van der Waals surface area contributed by atoms with Gasteiger partial charge in [0.2, 0.25) is 0 Å². The average Bonchev–Trinajstić information content (AvgIpc) is 2.66. The fourth-order valence-electron chi connectivity index (χ4n) is 2.79. The average molecular weight is 251 g/mol. The highest BCUT2D eigenvalue weighted by Crippen LogP contribution is 2.30. The lowest BCUT2D eigenvalue weighted by Gasteiger charge is -2.28. The number of likely N-dealkylation sites (N-methyl/N-ethyl adjacent to an activating group) is 1. The molecule has 2 nitrogen and oxygen atoms in total. The van der Waals surface area contributed by atoms with Gasteiger partial charge in [0.1, 0.15) is 0 Å². The van der Waals surface area contributed by atoms with Gasteiger partial charge in [-0.15, -0.1) is 12.4 Å². The van der Waals surface area contributed by atoms with Crippen molar-refractivity contribution >= 4 is 23.3 Å². The van der Waals surface area contributed by atoms with Crippen LogP contribution in [-0.2, 0) is 12.8 Å². The SMILES string of the molecule is CN(C)C1CCc2[nH]c3ccccc3c2C1.Cl. The summed E-state index contributed by atoms with van der Waals surface area (Å²) in [6.07, 6.45) is 3.64. The fourth-order valence-corrected chi connectivity index (χ4v) is 2.79. The van der Waals surface area contributed by atoms with E-state index in [0.717, 1.165) is 0 Å². The molecule has 1 heterocycles. The highest BCUT2D eigenvalue weighted by molar-refractivity contribution is 5.85. The van der Waals surface area contributed by atoms with Gasteiger partial charge in [0.15, 0.2) is 0 Å². The Bertz CT molecular complexity index is 516. The monoisotopic (exact) mass is 250 g/mol. The van der Waals surface area contributed by atoms with E-state index in [1.807, 2.05) is 0 Å². The Balaban J connectivity index is 0.00000108. The van der Waals surface area contributed by atoms with E-state index in [9.17, 15) is 0 Å². The molecule has 1 aromatic heterocycles. The molecule has 1 unspecified atom stereocenters. The van der Waals surface area contributed by atoms with Gasteiger partial charge >= 0.3 is 0 Å². The molecular formula is C14H19ClN2. The van der Waals surface area contributed by atoms with Gasteiger partial charge in [-0.2, -0.15) is 0 Å². The summed E-state index contributed by atoms with van der Waals surface area (Å²) >= 11 is 0. The molecule has 3 heteroatoms. The lowest BCUT2D eigenvalue weighted by molar-refractivity contribution is 0.268. The van der Waals surface area contributed by atoms with E-state index in [-0.39, 0.29) is 12.4 Å². The number of aromatic amines is 1. The minimum Gasteiger partial charge on any atom is -0.358 e. The molecule has 1 aromatic carbocycles. The smallest absolute Gasteiger partial charge is 0.0458 e. The van der Waals surface area contributed by atoms with Crippen LogP contribution in [0.4, 0.5) is 0 Å². The third kappa shape index (κ3) is 2.07. The van der Waals surface area contributed by atoms with Crippen molar-refractivity contribution in [2.45, 2.75) is 25.3 Å². The molecule has 0 amide bonds. The summed E-state index contributed by atoms with van der Waals surface area (Å²) in [5, 5.41) is 1.42. The Hall–Kier alpha value is -0.990. The first-order valence-electron chi connectivity index (χ1n) is 6.00. The molecule has 1 aliphatic rings. The molecule has 2 aromatic rings. The molecule has 17 heavy (non-hydrogen) atoms. The summed E-state index contributed by atoms with van der Waals surface area (Å²) in [5.74, 6) is 0. The van der Waals surface area contributed by atoms with Crippen molar-refractivity contribution in [2.75, 3.05) is 14.1 Å². The summed E-state index contributed by atoms with van der Waals surface area (Å²) in [6.45, 7) is 0. The van der Waals surface area contributed by atoms with E-state index in [1.165, 1.54) is 35.9 Å². The maximum atomic E-state index is 3.56. The number of benzene rings is 1. The Morgan fingerprint density at radius 2 is 2.00 bits per heavy atom. The van der Waals surface area contributed by atoms with Gasteiger partial charge < -0.3 is 9.88 Å². The van der Waals surface area contributed by atoms with Crippen molar-refractivity contribution in [3.63, 3.8) is 0 Å². The Kier molecular flexibility index (Phi) is 3.45. The van der Waals surface area contributed by atoms with Crippen LogP contribution in [0.25, 0.3) is 10.9 Å². The topological polar surface area (TPSA) is 19.0 Å². The van der Waals surface area contributed by atoms with Gasteiger partial charge in [0, 0.05) is 22.6 Å². The Morgan fingerprint density at radius 3 is 2.76 bits per heavy atom. The number of nitrogens with zero attached hydrogens (tertiary/aromatic N) is 1. The molecule has 3 rings (SSSR count). The Morgan fingerprint density at radius 1 is 1.24 bits per heavy atom. The number of fused-ring (bicyclic) bond motifs is 3. The molecule has 1 N–H and O–H groups in total. The molecule has 1 atom stereocenters. The maximum Gasteiger partial charge on any atom is 0.0458 e. The number of halogens is 1. The van der Waals surface area contributed by atoms with E-state index in [4.69, 9.17) is 0 Å². The molecule has 0 spiro atoms. The zero-order valence-corrected chi connectivity index (χ0v) is 11.2. The molecule has 1 aliphatic carbocycles. The number of aromatic nitrogens is 1. The normalized spacial score (nSPS) is 19.1. The first-order chi connectivity index (χ1) is 7.75. The summed E-state index contributed by atoms with van der Waals surface area (Å²) in [6, 6.07) is 9.36. The zero-order chi connectivity index (χ0) is 11.1. The standard InChI is InChI=1S/C14H18N2.ClH/c1-16(2)10-7-8-14-12(9-10)11-5-3-4-6-13(11)15-14;/h3-6,10,15H,7-9H2,1-2H3;1H. The molecule has 0 aliphatic heterocycles. The lowest BCUT2D eigenvalue weighted by atomic mass is 9.91. The highest BCUT2D eigenvalue weighted by atomic mass is 35.5. The van der Waals surface area contributed by atoms with Crippen molar-refractivity contribution in [3.8, 4) is 0 Å². The predicted molar refractivity (Wildman–Crippen MR) is 75.0 cm³/mol. The van der Waals surface area contributed by atoms with E-state index in [2.05, 4.69) is 48.2 Å². The van der Waals surface area contributed by atoms with E-state index in [0.29, 0.717) is 6.04 Å². The zero-order valence-electron chi connectivity index (χ0n) is 10.4. The quantitative estimate of drug-likeness (QED) is 0.825. The van der Waals surface area contributed by atoms with E-state index < -0.39 is 0 Å². The van der Waals surface area contributed by atoms with Gasteiger partial charge in [-0.1, -0.05) is 18.2 Å². The van der Waals surface area contributed by atoms with Gasteiger partial charge in [0.25, 0.3) is 0 Å². The van der Waals surface area contributed by atoms with E-state index in [1.54, 1.807) is 5.56 Å². The molecule has 0 radical (unpaired) electrons. The van der Waals surface area contributed by atoms with Crippen LogP contribution < -0.4 is 0 Å². The van der Waals surface area contributed by atoms with E-state index >= 15 is 0 Å². The summed E-state index contributed by atoms with van der Waals surface area (Å²) in [7, 11) is 4.37. The molecule has 0 saturated heterocycles. The second-order valence-corrected chi connectivity index (χ2v) is 4.99. The van der Waals surface area contributed by atoms with Gasteiger partial charge in [-0.25, -0.2) is 0 Å². The summed E-state index contributed by atoms with van der Waals surface area (Å²) < 4.78 is 0. The first-order valence-corrected chi connectivity index (χ1v) is 6.00. The van der Waals surface area contributed by atoms with Gasteiger partial charge in [0.05, 0.1) is 0 Å². The molecule has 0 saturated carbocycles. The van der Waals surface area contributed by atoms with Crippen molar-refractivity contribution < 1.29 is 0 Å². The third-order valence-corrected chi connectivity index (χ3v) is 3.80. The second-order valence-electron chi connectivity index (χ2n) is 4.99. The minimum absolute atomic E-state index is 0. The van der Waals surface area contributed by atoms with Crippen molar-refractivity contribution in [3.05, 3.63) is 35.5 Å². The minimum atomic E-state index is 0. The number of hydrogen-bond donors (Lipinski definition) is 1. The Labute approximate surface area is 108 Å². The van der Waals surface area contributed by atoms with Crippen LogP contribution in [-0.4, -0.2) is 30.0 Å². The van der Waals surface area contributed by atoms with Crippen LogP contribution in [0.15, 0.2) is 24.3 Å². The van der Waals surface area contributed by atoms with Crippen molar-refractivity contribution in [1.29, 1.82) is 0 Å². The molecule has 92 valence electrons. The molecular weight excluding hydrogens is 232 g/mol. The summed E-state index contributed by atoms with van der Waals surface area (Å²) in [4.78, 5) is 5.91. The molecule has 0 fully saturated rings. The van der Waals surface area contributed by atoms with Crippen LogP contribution in [0.3, 0.4) is 0 Å². The number of H-pyrrole nitrogens is 1.